The van der Waals surface area contributed by atoms with Gasteiger partial charge >= 0.3 is 5.69 Å². The zero-order chi connectivity index (χ0) is 17.4. The van der Waals surface area contributed by atoms with Gasteiger partial charge in [0.15, 0.2) is 8.32 Å². The van der Waals surface area contributed by atoms with Crippen LogP contribution in [-0.4, -0.2) is 41.8 Å². The van der Waals surface area contributed by atoms with Crippen molar-refractivity contribution in [3.63, 3.8) is 0 Å². The summed E-state index contributed by atoms with van der Waals surface area (Å²) in [6, 6.07) is 1.56. The Balaban J connectivity index is 2.19. The molecule has 0 amide bonds. The van der Waals surface area contributed by atoms with E-state index in [1.165, 1.54) is 4.57 Å². The first-order valence-electron chi connectivity index (χ1n) is 7.84. The molecule has 1 fully saturated rings. The standard InChI is InChI=1S/C15H27N3O4Si/c1-15(2,3)23(4,5)22-10-8-13(21-11(10)9-19)18-7-6-12(16)17-14(18)20/h6-7,10-11,13,19H,8-9H2,1-5H3,(H2,16,17,20)/t10?,11-,13-/m1/s1. The maximum absolute atomic E-state index is 12.0. The molecule has 130 valence electrons. The van der Waals surface area contributed by atoms with Crippen molar-refractivity contribution < 1.29 is 14.3 Å². The number of ether oxygens (including phenoxy) is 1. The second-order valence-corrected chi connectivity index (χ2v) is 12.3. The van der Waals surface area contributed by atoms with Crippen molar-refractivity contribution in [1.29, 1.82) is 0 Å². The molecule has 23 heavy (non-hydrogen) atoms. The molecule has 3 N–H and O–H groups in total. The van der Waals surface area contributed by atoms with Gasteiger partial charge in [-0.2, -0.15) is 4.98 Å². The fraction of sp³-hybridized carbons (Fsp3) is 0.733. The van der Waals surface area contributed by atoms with Gasteiger partial charge in [-0.25, -0.2) is 4.79 Å². The molecule has 3 atom stereocenters. The summed E-state index contributed by atoms with van der Waals surface area (Å²) in [6.45, 7) is 10.7. The Hall–Kier alpha value is -1.22. The number of anilines is 1. The Morgan fingerprint density at radius 3 is 2.70 bits per heavy atom. The molecule has 1 aromatic heterocycles. The molecule has 1 saturated heterocycles. The summed E-state index contributed by atoms with van der Waals surface area (Å²) in [7, 11) is -2.00. The SMILES string of the molecule is CC(C)(C)[Si](C)(C)OC1C[C@H](n2ccc(N)nc2=O)O[C@@H]1CO. The Morgan fingerprint density at radius 2 is 2.17 bits per heavy atom. The highest BCUT2D eigenvalue weighted by Gasteiger charge is 2.45. The van der Waals surface area contributed by atoms with Gasteiger partial charge in [0.1, 0.15) is 18.1 Å². The summed E-state index contributed by atoms with van der Waals surface area (Å²) in [6.07, 6.45) is 0.887. The summed E-state index contributed by atoms with van der Waals surface area (Å²) in [5, 5.41) is 9.66. The smallest absolute Gasteiger partial charge is 0.351 e. The molecule has 7 nitrogen and oxygen atoms in total. The Labute approximate surface area is 137 Å². The Kier molecular flexibility index (Phi) is 5.00. The van der Waals surface area contributed by atoms with Crippen LogP contribution in [0.3, 0.4) is 0 Å². The number of nitrogens with zero attached hydrogens (tertiary/aromatic N) is 2. The van der Waals surface area contributed by atoms with Crippen molar-refractivity contribution in [1.82, 2.24) is 9.55 Å². The van der Waals surface area contributed by atoms with E-state index in [-0.39, 0.29) is 23.6 Å². The molecule has 1 aliphatic heterocycles. The van der Waals surface area contributed by atoms with Gasteiger partial charge in [0, 0.05) is 12.6 Å². The van der Waals surface area contributed by atoms with Crippen molar-refractivity contribution in [2.45, 2.75) is 63.8 Å². The molecule has 2 heterocycles. The molecule has 2 rings (SSSR count). The number of nitrogens with two attached hydrogens (primary N) is 1. The third-order valence-corrected chi connectivity index (χ3v) is 9.28. The van der Waals surface area contributed by atoms with E-state index in [1.807, 2.05) is 0 Å². The number of rotatable bonds is 4. The van der Waals surface area contributed by atoms with Gasteiger partial charge in [0.2, 0.25) is 0 Å². The minimum Gasteiger partial charge on any atom is -0.411 e. The molecule has 0 aromatic carbocycles. The van der Waals surface area contributed by atoms with Crippen molar-refractivity contribution in [2.24, 2.45) is 0 Å². The summed E-state index contributed by atoms with van der Waals surface area (Å²) < 4.78 is 13.6. The van der Waals surface area contributed by atoms with Gasteiger partial charge in [0.25, 0.3) is 0 Å². The number of hydrogen-bond donors (Lipinski definition) is 2. The van der Waals surface area contributed by atoms with Gasteiger partial charge < -0.3 is 20.0 Å². The molecule has 0 saturated carbocycles. The van der Waals surface area contributed by atoms with Gasteiger partial charge in [-0.1, -0.05) is 20.8 Å². The van der Waals surface area contributed by atoms with Crippen LogP contribution in [0.4, 0.5) is 5.82 Å². The van der Waals surface area contributed by atoms with Crippen LogP contribution in [0.2, 0.25) is 18.1 Å². The van der Waals surface area contributed by atoms with Gasteiger partial charge in [0.05, 0.1) is 12.7 Å². The van der Waals surface area contributed by atoms with E-state index < -0.39 is 26.3 Å². The van der Waals surface area contributed by atoms with Crippen LogP contribution in [0.1, 0.15) is 33.4 Å². The average Bonchev–Trinajstić information content (AvgIpc) is 2.79. The average molecular weight is 341 g/mol. The minimum atomic E-state index is -2.00. The maximum Gasteiger partial charge on any atom is 0.351 e. The third kappa shape index (κ3) is 3.82. The monoisotopic (exact) mass is 341 g/mol. The Morgan fingerprint density at radius 1 is 1.52 bits per heavy atom. The van der Waals surface area contributed by atoms with Crippen LogP contribution in [0.15, 0.2) is 17.1 Å². The fourth-order valence-electron chi connectivity index (χ4n) is 2.36. The van der Waals surface area contributed by atoms with Gasteiger partial charge in [-0.15, -0.1) is 0 Å². The van der Waals surface area contributed by atoms with Crippen LogP contribution < -0.4 is 11.4 Å². The number of hydrogen-bond acceptors (Lipinski definition) is 6. The molecule has 0 spiro atoms. The van der Waals surface area contributed by atoms with Crippen molar-refractivity contribution >= 4 is 14.1 Å². The zero-order valence-corrected chi connectivity index (χ0v) is 15.4. The van der Waals surface area contributed by atoms with E-state index in [0.29, 0.717) is 6.42 Å². The van der Waals surface area contributed by atoms with Gasteiger partial charge in [-0.05, 0) is 24.2 Å². The first-order valence-corrected chi connectivity index (χ1v) is 10.7. The lowest BCUT2D eigenvalue weighted by atomic mass is 10.2. The van der Waals surface area contributed by atoms with Crippen LogP contribution in [-0.2, 0) is 9.16 Å². The predicted molar refractivity (Wildman–Crippen MR) is 90.6 cm³/mol. The van der Waals surface area contributed by atoms with E-state index in [4.69, 9.17) is 14.9 Å². The lowest BCUT2D eigenvalue weighted by Gasteiger charge is -2.39. The number of aliphatic hydroxyl groups is 1. The predicted octanol–water partition coefficient (Wildman–Crippen LogP) is 1.50. The quantitative estimate of drug-likeness (QED) is 0.805. The lowest BCUT2D eigenvalue weighted by Crippen LogP contribution is -2.46. The van der Waals surface area contributed by atoms with E-state index in [9.17, 15) is 9.90 Å². The molecular weight excluding hydrogens is 314 g/mol. The summed E-state index contributed by atoms with van der Waals surface area (Å²) >= 11 is 0. The molecule has 0 bridgehead atoms. The summed E-state index contributed by atoms with van der Waals surface area (Å²) in [5.74, 6) is 0.178. The van der Waals surface area contributed by atoms with E-state index >= 15 is 0 Å². The second kappa shape index (κ2) is 6.35. The minimum absolute atomic E-state index is 0.0602. The third-order valence-electron chi connectivity index (χ3n) is 4.77. The first-order chi connectivity index (χ1) is 10.5. The van der Waals surface area contributed by atoms with Crippen LogP contribution >= 0.6 is 0 Å². The van der Waals surface area contributed by atoms with Crippen molar-refractivity contribution in [2.75, 3.05) is 12.3 Å². The highest BCUT2D eigenvalue weighted by Crippen LogP contribution is 2.40. The van der Waals surface area contributed by atoms with Crippen molar-refractivity contribution in [3.8, 4) is 0 Å². The van der Waals surface area contributed by atoms with E-state index in [0.717, 1.165) is 0 Å². The highest BCUT2D eigenvalue weighted by atomic mass is 28.4. The molecular formula is C15H27N3O4Si. The Bertz CT molecular complexity index is 611. The van der Waals surface area contributed by atoms with Crippen molar-refractivity contribution in [3.05, 3.63) is 22.7 Å². The van der Waals surface area contributed by atoms with E-state index in [1.54, 1.807) is 12.3 Å². The van der Waals surface area contributed by atoms with Crippen LogP contribution in [0.5, 0.6) is 0 Å². The second-order valence-electron chi connectivity index (χ2n) is 7.51. The molecule has 0 aliphatic carbocycles. The highest BCUT2D eigenvalue weighted by molar-refractivity contribution is 6.74. The summed E-state index contributed by atoms with van der Waals surface area (Å²) in [5.41, 5.74) is 5.06. The molecule has 1 unspecified atom stereocenters. The number of nitrogen functional groups attached to an aromatic ring is 1. The number of aromatic nitrogens is 2. The number of aliphatic hydroxyl groups excluding tert-OH is 1. The molecule has 1 aromatic rings. The normalized spacial score (nSPS) is 25.7. The zero-order valence-electron chi connectivity index (χ0n) is 14.4. The van der Waals surface area contributed by atoms with Crippen LogP contribution in [0, 0.1) is 0 Å². The molecule has 0 radical (unpaired) electrons. The van der Waals surface area contributed by atoms with Gasteiger partial charge in [-0.3, -0.25) is 4.57 Å². The first kappa shape index (κ1) is 18.1. The largest absolute Gasteiger partial charge is 0.411 e. The molecule has 1 aliphatic rings. The molecule has 8 heteroatoms. The van der Waals surface area contributed by atoms with Crippen LogP contribution in [0.25, 0.3) is 0 Å². The fourth-order valence-corrected chi connectivity index (χ4v) is 3.72. The lowest BCUT2D eigenvalue weighted by molar-refractivity contribution is -0.0438. The van der Waals surface area contributed by atoms with E-state index in [2.05, 4.69) is 38.8 Å². The summed E-state index contributed by atoms with van der Waals surface area (Å²) in [4.78, 5) is 15.7. The topological polar surface area (TPSA) is 99.6 Å². The maximum atomic E-state index is 12.0.